The van der Waals surface area contributed by atoms with Crippen molar-refractivity contribution >= 4 is 23.2 Å². The standard InChI is InChI=1S/C23H28N4O4/c1-23(2,3)18-9-7-17(8-10-18)22(29)24-16-21(28)26-13-11-25(12-14-26)19-5-4-6-20(15-19)27(30)31/h4-10,15H,11-14,16H2,1-3H3,(H,24,29). The predicted molar refractivity (Wildman–Crippen MR) is 119 cm³/mol. The molecule has 0 aliphatic carbocycles. The van der Waals surface area contributed by atoms with E-state index in [2.05, 4.69) is 26.1 Å². The van der Waals surface area contributed by atoms with Gasteiger partial charge in [-0.3, -0.25) is 19.7 Å². The Balaban J connectivity index is 1.49. The molecule has 8 nitrogen and oxygen atoms in total. The molecule has 1 saturated heterocycles. The number of rotatable bonds is 5. The van der Waals surface area contributed by atoms with Crippen LogP contribution in [0.25, 0.3) is 0 Å². The minimum atomic E-state index is -0.414. The van der Waals surface area contributed by atoms with Gasteiger partial charge < -0.3 is 15.1 Å². The molecule has 1 fully saturated rings. The van der Waals surface area contributed by atoms with Crippen LogP contribution >= 0.6 is 0 Å². The molecular weight excluding hydrogens is 396 g/mol. The Labute approximate surface area is 182 Å². The highest BCUT2D eigenvalue weighted by molar-refractivity contribution is 5.96. The van der Waals surface area contributed by atoms with Crippen molar-refractivity contribution in [1.82, 2.24) is 10.2 Å². The van der Waals surface area contributed by atoms with Crippen molar-refractivity contribution in [2.75, 3.05) is 37.6 Å². The van der Waals surface area contributed by atoms with Gasteiger partial charge in [-0.25, -0.2) is 0 Å². The maximum absolute atomic E-state index is 12.5. The Morgan fingerprint density at radius 2 is 1.68 bits per heavy atom. The number of nitrogens with zero attached hydrogens (tertiary/aromatic N) is 3. The van der Waals surface area contributed by atoms with Crippen LogP contribution in [0, 0.1) is 10.1 Å². The highest BCUT2D eigenvalue weighted by Gasteiger charge is 2.23. The maximum Gasteiger partial charge on any atom is 0.271 e. The molecule has 0 unspecified atom stereocenters. The van der Waals surface area contributed by atoms with Gasteiger partial charge in [0.25, 0.3) is 11.6 Å². The zero-order chi connectivity index (χ0) is 22.6. The van der Waals surface area contributed by atoms with E-state index in [0.29, 0.717) is 31.7 Å². The molecule has 0 radical (unpaired) electrons. The van der Waals surface area contributed by atoms with E-state index in [1.54, 1.807) is 29.2 Å². The second-order valence-corrected chi connectivity index (χ2v) is 8.65. The molecule has 2 aromatic rings. The Morgan fingerprint density at radius 3 is 2.26 bits per heavy atom. The summed E-state index contributed by atoms with van der Waals surface area (Å²) in [6.45, 7) is 8.43. The van der Waals surface area contributed by atoms with Gasteiger partial charge in [0, 0.05) is 49.6 Å². The van der Waals surface area contributed by atoms with E-state index in [9.17, 15) is 19.7 Å². The summed E-state index contributed by atoms with van der Waals surface area (Å²) in [5.74, 6) is -0.414. The Bertz CT molecular complexity index is 958. The van der Waals surface area contributed by atoms with E-state index in [0.717, 1.165) is 11.3 Å². The van der Waals surface area contributed by atoms with E-state index in [1.807, 2.05) is 23.1 Å². The molecule has 1 aliphatic rings. The number of carbonyl (C=O) groups excluding carboxylic acids is 2. The lowest BCUT2D eigenvalue weighted by Gasteiger charge is -2.36. The summed E-state index contributed by atoms with van der Waals surface area (Å²) < 4.78 is 0. The summed E-state index contributed by atoms with van der Waals surface area (Å²) in [5.41, 5.74) is 2.50. The predicted octanol–water partition coefficient (Wildman–Crippen LogP) is 2.97. The van der Waals surface area contributed by atoms with Gasteiger partial charge in [0.15, 0.2) is 0 Å². The van der Waals surface area contributed by atoms with Gasteiger partial charge in [-0.15, -0.1) is 0 Å². The third-order valence-electron chi connectivity index (χ3n) is 5.45. The van der Waals surface area contributed by atoms with E-state index >= 15 is 0 Å². The monoisotopic (exact) mass is 424 g/mol. The number of hydrogen-bond donors (Lipinski definition) is 1. The molecule has 0 bridgehead atoms. The molecular formula is C23H28N4O4. The average molecular weight is 425 g/mol. The van der Waals surface area contributed by atoms with Crippen LogP contribution < -0.4 is 10.2 Å². The zero-order valence-electron chi connectivity index (χ0n) is 18.1. The van der Waals surface area contributed by atoms with Crippen LogP contribution in [0.3, 0.4) is 0 Å². The van der Waals surface area contributed by atoms with E-state index < -0.39 is 4.92 Å². The number of piperazine rings is 1. The number of amides is 2. The largest absolute Gasteiger partial charge is 0.368 e. The van der Waals surface area contributed by atoms with Crippen molar-refractivity contribution < 1.29 is 14.5 Å². The van der Waals surface area contributed by atoms with Crippen LogP contribution in [-0.4, -0.2) is 54.4 Å². The van der Waals surface area contributed by atoms with Crippen molar-refractivity contribution in [1.29, 1.82) is 0 Å². The molecule has 2 aromatic carbocycles. The van der Waals surface area contributed by atoms with Gasteiger partial charge in [0.1, 0.15) is 0 Å². The number of nitro benzene ring substituents is 1. The number of benzene rings is 2. The summed E-state index contributed by atoms with van der Waals surface area (Å²) >= 11 is 0. The zero-order valence-corrected chi connectivity index (χ0v) is 18.1. The first-order chi connectivity index (χ1) is 14.6. The number of carbonyl (C=O) groups is 2. The molecule has 3 rings (SSSR count). The van der Waals surface area contributed by atoms with Gasteiger partial charge >= 0.3 is 0 Å². The van der Waals surface area contributed by atoms with Crippen molar-refractivity contribution in [2.24, 2.45) is 0 Å². The van der Waals surface area contributed by atoms with Crippen LogP contribution in [0.4, 0.5) is 11.4 Å². The highest BCUT2D eigenvalue weighted by atomic mass is 16.6. The number of nitrogens with one attached hydrogen (secondary N) is 1. The van der Waals surface area contributed by atoms with E-state index in [1.165, 1.54) is 6.07 Å². The number of nitro groups is 1. The molecule has 1 heterocycles. The molecule has 164 valence electrons. The molecule has 0 atom stereocenters. The third kappa shape index (κ3) is 5.59. The summed E-state index contributed by atoms with van der Waals surface area (Å²) in [7, 11) is 0. The lowest BCUT2D eigenvalue weighted by atomic mass is 9.87. The summed E-state index contributed by atoms with van der Waals surface area (Å²) in [6, 6.07) is 13.9. The average Bonchev–Trinajstić information content (AvgIpc) is 2.77. The van der Waals surface area contributed by atoms with Crippen LogP contribution in [0.2, 0.25) is 0 Å². The Morgan fingerprint density at radius 1 is 1.03 bits per heavy atom. The quantitative estimate of drug-likeness (QED) is 0.588. The van der Waals surface area contributed by atoms with Crippen molar-refractivity contribution in [3.05, 3.63) is 69.8 Å². The van der Waals surface area contributed by atoms with E-state index in [-0.39, 0.29) is 29.5 Å². The lowest BCUT2D eigenvalue weighted by molar-refractivity contribution is -0.384. The highest BCUT2D eigenvalue weighted by Crippen LogP contribution is 2.23. The van der Waals surface area contributed by atoms with Crippen LogP contribution in [0.5, 0.6) is 0 Å². The van der Waals surface area contributed by atoms with Crippen molar-refractivity contribution in [3.63, 3.8) is 0 Å². The fraction of sp³-hybridized carbons (Fsp3) is 0.391. The molecule has 0 saturated carbocycles. The molecule has 31 heavy (non-hydrogen) atoms. The number of hydrogen-bond acceptors (Lipinski definition) is 5. The van der Waals surface area contributed by atoms with E-state index in [4.69, 9.17) is 0 Å². The van der Waals surface area contributed by atoms with Crippen LogP contribution in [-0.2, 0) is 10.2 Å². The first kappa shape index (κ1) is 22.3. The second-order valence-electron chi connectivity index (χ2n) is 8.65. The van der Waals surface area contributed by atoms with Crippen LogP contribution in [0.1, 0.15) is 36.7 Å². The number of non-ortho nitro benzene ring substituents is 1. The van der Waals surface area contributed by atoms with Gasteiger partial charge in [0.05, 0.1) is 11.5 Å². The molecule has 2 amide bonds. The molecule has 0 spiro atoms. The second kappa shape index (κ2) is 9.16. The first-order valence-corrected chi connectivity index (χ1v) is 10.3. The molecule has 1 aliphatic heterocycles. The van der Waals surface area contributed by atoms with Gasteiger partial charge in [-0.05, 0) is 29.2 Å². The Kier molecular flexibility index (Phi) is 6.58. The van der Waals surface area contributed by atoms with Gasteiger partial charge in [0.2, 0.25) is 5.91 Å². The summed E-state index contributed by atoms with van der Waals surface area (Å²) in [4.78, 5) is 39.2. The number of anilines is 1. The molecule has 8 heteroatoms. The normalized spacial score (nSPS) is 14.3. The first-order valence-electron chi connectivity index (χ1n) is 10.3. The summed E-state index contributed by atoms with van der Waals surface area (Å²) in [6.07, 6.45) is 0. The fourth-order valence-electron chi connectivity index (χ4n) is 3.51. The smallest absolute Gasteiger partial charge is 0.271 e. The minimum Gasteiger partial charge on any atom is -0.368 e. The molecule has 0 aromatic heterocycles. The summed E-state index contributed by atoms with van der Waals surface area (Å²) in [5, 5.41) is 13.7. The van der Waals surface area contributed by atoms with Crippen molar-refractivity contribution in [2.45, 2.75) is 26.2 Å². The minimum absolute atomic E-state index is 0.0117. The topological polar surface area (TPSA) is 95.8 Å². The van der Waals surface area contributed by atoms with Crippen molar-refractivity contribution in [3.8, 4) is 0 Å². The van der Waals surface area contributed by atoms with Crippen LogP contribution in [0.15, 0.2) is 48.5 Å². The maximum atomic E-state index is 12.5. The fourth-order valence-corrected chi connectivity index (χ4v) is 3.51. The molecule has 1 N–H and O–H groups in total. The van der Waals surface area contributed by atoms with Gasteiger partial charge in [-0.1, -0.05) is 39.0 Å². The lowest BCUT2D eigenvalue weighted by Crippen LogP contribution is -2.51. The Hall–Kier alpha value is -3.42. The SMILES string of the molecule is CC(C)(C)c1ccc(C(=O)NCC(=O)N2CCN(c3cccc([N+](=O)[O-])c3)CC2)cc1. The third-order valence-corrected chi connectivity index (χ3v) is 5.45. The van der Waals surface area contributed by atoms with Gasteiger partial charge in [-0.2, -0.15) is 0 Å².